The number of aromatic amines is 1. The molecule has 1 aromatic heterocycles. The number of aromatic nitrogens is 4. The van der Waals surface area contributed by atoms with Crippen LogP contribution < -0.4 is 10.2 Å². The van der Waals surface area contributed by atoms with Gasteiger partial charge >= 0.3 is 0 Å². The fraction of sp³-hybridized carbons (Fsp3) is 0.333. The molecule has 1 unspecified atom stereocenters. The number of nitrogens with zero attached hydrogens (tertiary/aromatic N) is 4. The van der Waals surface area contributed by atoms with Crippen molar-refractivity contribution in [2.24, 2.45) is 0 Å². The van der Waals surface area contributed by atoms with Crippen molar-refractivity contribution in [3.63, 3.8) is 0 Å². The molecule has 0 aliphatic carbocycles. The average Bonchev–Trinajstić information content (AvgIpc) is 3.36. The van der Waals surface area contributed by atoms with Gasteiger partial charge < -0.3 is 0 Å². The molecule has 1 fully saturated rings. The van der Waals surface area contributed by atoms with Crippen molar-refractivity contribution in [3.8, 4) is 22.5 Å². The minimum atomic E-state index is -0.335. The predicted octanol–water partition coefficient (Wildman–Crippen LogP) is 3.38. The van der Waals surface area contributed by atoms with Crippen LogP contribution in [0.25, 0.3) is 22.5 Å². The Kier molecular flexibility index (Phi) is 4.92. The normalized spacial score (nSPS) is 19.4. The fourth-order valence-corrected chi connectivity index (χ4v) is 3.85. The molecule has 2 heterocycles. The van der Waals surface area contributed by atoms with E-state index in [0.29, 0.717) is 12.4 Å². The number of carbonyl (C=O) groups excluding carboxylic acids is 1. The molecule has 1 aliphatic rings. The maximum atomic E-state index is 12.6. The lowest BCUT2D eigenvalue weighted by Crippen LogP contribution is -2.50. The van der Waals surface area contributed by atoms with Crippen LogP contribution in [-0.2, 0) is 4.79 Å². The smallest absolute Gasteiger partial charge is 0.242 e. The third-order valence-electron chi connectivity index (χ3n) is 5.34. The summed E-state index contributed by atoms with van der Waals surface area (Å²) >= 11 is 0. The van der Waals surface area contributed by atoms with Gasteiger partial charge in [-0.1, -0.05) is 56.2 Å². The van der Waals surface area contributed by atoms with Crippen LogP contribution in [0.15, 0.2) is 48.5 Å². The molecule has 4 rings (SSSR count). The van der Waals surface area contributed by atoms with Gasteiger partial charge in [0, 0.05) is 11.3 Å². The van der Waals surface area contributed by atoms with Gasteiger partial charge in [-0.05, 0) is 47.0 Å². The van der Waals surface area contributed by atoms with Crippen LogP contribution in [0.4, 0.5) is 5.69 Å². The number of tetrazole rings is 1. The highest BCUT2D eigenvalue weighted by Crippen LogP contribution is 2.34. The highest BCUT2D eigenvalue weighted by atomic mass is 16.2. The summed E-state index contributed by atoms with van der Waals surface area (Å²) in [5.41, 5.74) is 3.60. The molecule has 0 spiro atoms. The summed E-state index contributed by atoms with van der Waals surface area (Å²) in [5.74, 6) is 0.741. The zero-order chi connectivity index (χ0) is 19.6. The molecule has 2 aromatic carbocycles. The summed E-state index contributed by atoms with van der Waals surface area (Å²) < 4.78 is 0. The molecular formula is C21H24N6O. The van der Waals surface area contributed by atoms with Crippen molar-refractivity contribution in [3.05, 3.63) is 48.5 Å². The molecule has 0 saturated carbocycles. The fourth-order valence-electron chi connectivity index (χ4n) is 3.85. The van der Waals surface area contributed by atoms with Gasteiger partial charge in [0.15, 0.2) is 5.82 Å². The molecule has 28 heavy (non-hydrogen) atoms. The summed E-state index contributed by atoms with van der Waals surface area (Å²) in [5, 5.41) is 17.6. The Morgan fingerprint density at radius 2 is 1.86 bits per heavy atom. The summed E-state index contributed by atoms with van der Waals surface area (Å²) in [4.78, 5) is 14.5. The van der Waals surface area contributed by atoms with E-state index in [4.69, 9.17) is 0 Å². The van der Waals surface area contributed by atoms with Crippen molar-refractivity contribution in [2.75, 3.05) is 11.4 Å². The lowest BCUT2D eigenvalue weighted by Gasteiger charge is -2.35. The van der Waals surface area contributed by atoms with Gasteiger partial charge in [0.25, 0.3) is 0 Å². The number of hydrogen-bond acceptors (Lipinski definition) is 5. The SMILES string of the molecule is CCCCC1(C)NCC(=O)N1c1ccc(-c2ccccc2-c2nnn[nH]2)cc1. The second-order valence-electron chi connectivity index (χ2n) is 7.30. The molecule has 7 heteroatoms. The zero-order valence-corrected chi connectivity index (χ0v) is 16.1. The number of hydrogen-bond donors (Lipinski definition) is 2. The molecule has 3 aromatic rings. The summed E-state index contributed by atoms with van der Waals surface area (Å²) in [6, 6.07) is 16.1. The lowest BCUT2D eigenvalue weighted by atomic mass is 9.98. The maximum absolute atomic E-state index is 12.6. The van der Waals surface area contributed by atoms with Crippen LogP contribution in [-0.4, -0.2) is 38.7 Å². The van der Waals surface area contributed by atoms with E-state index < -0.39 is 0 Å². The third-order valence-corrected chi connectivity index (χ3v) is 5.34. The van der Waals surface area contributed by atoms with E-state index in [9.17, 15) is 4.79 Å². The molecule has 7 nitrogen and oxygen atoms in total. The van der Waals surface area contributed by atoms with Crippen molar-refractivity contribution >= 4 is 11.6 Å². The van der Waals surface area contributed by atoms with Crippen LogP contribution in [0.3, 0.4) is 0 Å². The molecule has 1 aliphatic heterocycles. The quantitative estimate of drug-likeness (QED) is 0.689. The monoisotopic (exact) mass is 376 g/mol. The molecule has 1 atom stereocenters. The van der Waals surface area contributed by atoms with Crippen LogP contribution >= 0.6 is 0 Å². The minimum Gasteiger partial charge on any atom is -0.293 e. The van der Waals surface area contributed by atoms with Gasteiger partial charge in [-0.2, -0.15) is 0 Å². The Morgan fingerprint density at radius 1 is 1.11 bits per heavy atom. The standard InChI is InChI=1S/C21H24N6O/c1-3-4-13-21(2)22-14-19(28)27(21)16-11-9-15(10-12-16)17-7-5-6-8-18(17)20-23-25-26-24-20/h5-12,22H,3-4,13-14H2,1-2H3,(H,23,24,25,26). The number of amides is 1. The summed E-state index contributed by atoms with van der Waals surface area (Å²) in [6.45, 7) is 4.65. The first-order chi connectivity index (χ1) is 13.6. The predicted molar refractivity (Wildman–Crippen MR) is 108 cm³/mol. The molecule has 1 saturated heterocycles. The molecule has 0 radical (unpaired) electrons. The Labute approximate surface area is 164 Å². The van der Waals surface area contributed by atoms with Gasteiger partial charge in [-0.15, -0.1) is 5.10 Å². The van der Waals surface area contributed by atoms with Crippen LogP contribution in [0.1, 0.15) is 33.1 Å². The second-order valence-corrected chi connectivity index (χ2v) is 7.30. The Morgan fingerprint density at radius 3 is 2.54 bits per heavy atom. The van der Waals surface area contributed by atoms with Crippen LogP contribution in [0.5, 0.6) is 0 Å². The maximum Gasteiger partial charge on any atom is 0.242 e. The third kappa shape index (κ3) is 3.29. The first-order valence-electron chi connectivity index (χ1n) is 9.64. The van der Waals surface area contributed by atoms with E-state index >= 15 is 0 Å². The van der Waals surface area contributed by atoms with E-state index in [2.05, 4.69) is 39.8 Å². The Balaban J connectivity index is 1.66. The highest BCUT2D eigenvalue weighted by molar-refractivity contribution is 5.98. The molecule has 0 bridgehead atoms. The number of benzene rings is 2. The zero-order valence-electron chi connectivity index (χ0n) is 16.1. The number of rotatable bonds is 6. The Hall–Kier alpha value is -3.06. The molecular weight excluding hydrogens is 352 g/mol. The van der Waals surface area contributed by atoms with Gasteiger partial charge in [0.1, 0.15) is 0 Å². The molecule has 2 N–H and O–H groups in total. The van der Waals surface area contributed by atoms with Gasteiger partial charge in [-0.25, -0.2) is 5.10 Å². The van der Waals surface area contributed by atoms with Gasteiger partial charge in [0.05, 0.1) is 12.2 Å². The number of nitrogens with one attached hydrogen (secondary N) is 2. The van der Waals surface area contributed by atoms with Gasteiger partial charge in [-0.3, -0.25) is 15.0 Å². The molecule has 144 valence electrons. The Bertz CT molecular complexity index is 953. The molecule has 1 amide bonds. The van der Waals surface area contributed by atoms with E-state index in [1.54, 1.807) is 0 Å². The summed E-state index contributed by atoms with van der Waals surface area (Å²) in [6.07, 6.45) is 3.10. The largest absolute Gasteiger partial charge is 0.293 e. The first-order valence-corrected chi connectivity index (χ1v) is 9.64. The van der Waals surface area contributed by atoms with Crippen molar-refractivity contribution in [1.29, 1.82) is 0 Å². The van der Waals surface area contributed by atoms with E-state index in [0.717, 1.165) is 41.6 Å². The van der Waals surface area contributed by atoms with Crippen LogP contribution in [0, 0.1) is 0 Å². The number of H-pyrrole nitrogens is 1. The number of anilines is 1. The van der Waals surface area contributed by atoms with Crippen molar-refractivity contribution in [1.82, 2.24) is 25.9 Å². The minimum absolute atomic E-state index is 0.111. The number of carbonyl (C=O) groups is 1. The number of unbranched alkanes of at least 4 members (excludes halogenated alkanes) is 1. The summed E-state index contributed by atoms with van der Waals surface area (Å²) in [7, 11) is 0. The van der Waals surface area contributed by atoms with E-state index in [1.807, 2.05) is 53.4 Å². The van der Waals surface area contributed by atoms with E-state index in [-0.39, 0.29) is 11.6 Å². The van der Waals surface area contributed by atoms with Gasteiger partial charge in [0.2, 0.25) is 5.91 Å². The van der Waals surface area contributed by atoms with Crippen LogP contribution in [0.2, 0.25) is 0 Å². The first kappa shape index (κ1) is 18.3. The van der Waals surface area contributed by atoms with Crippen molar-refractivity contribution < 1.29 is 4.79 Å². The topological polar surface area (TPSA) is 86.8 Å². The average molecular weight is 376 g/mol. The second kappa shape index (κ2) is 7.52. The van der Waals surface area contributed by atoms with Crippen molar-refractivity contribution in [2.45, 2.75) is 38.8 Å². The van der Waals surface area contributed by atoms with E-state index in [1.165, 1.54) is 0 Å². The highest BCUT2D eigenvalue weighted by Gasteiger charge is 2.41. The lowest BCUT2D eigenvalue weighted by molar-refractivity contribution is -0.116.